The van der Waals surface area contributed by atoms with Crippen LogP contribution in [0, 0.1) is 0 Å². The number of nitrogens with zero attached hydrogens (tertiary/aromatic N) is 3. The van der Waals surface area contributed by atoms with E-state index in [2.05, 4.69) is 20.4 Å². The molecule has 0 aliphatic carbocycles. The molecule has 4 rings (SSSR count). The van der Waals surface area contributed by atoms with Crippen molar-refractivity contribution < 1.29 is 28.2 Å². The van der Waals surface area contributed by atoms with Crippen molar-refractivity contribution in [3.8, 4) is 28.7 Å². The van der Waals surface area contributed by atoms with Gasteiger partial charge in [-0.1, -0.05) is 6.07 Å². The molecule has 10 heteroatoms. The van der Waals surface area contributed by atoms with Gasteiger partial charge >= 0.3 is 5.97 Å². The van der Waals surface area contributed by atoms with Crippen LogP contribution >= 0.6 is 0 Å². The molecule has 0 saturated carbocycles. The van der Waals surface area contributed by atoms with Crippen molar-refractivity contribution in [1.29, 1.82) is 0 Å². The monoisotopic (exact) mass is 410 g/mol. The fourth-order valence-corrected chi connectivity index (χ4v) is 2.91. The van der Waals surface area contributed by atoms with E-state index in [1.807, 2.05) is 0 Å². The second-order valence-corrected chi connectivity index (χ2v) is 6.16. The number of H-pyrrole nitrogens is 1. The van der Waals surface area contributed by atoms with E-state index in [9.17, 15) is 4.79 Å². The van der Waals surface area contributed by atoms with Gasteiger partial charge in [0.05, 0.1) is 38.6 Å². The van der Waals surface area contributed by atoms with Crippen molar-refractivity contribution in [2.45, 2.75) is 6.61 Å². The van der Waals surface area contributed by atoms with Crippen LogP contribution in [0.15, 0.2) is 40.9 Å². The third kappa shape index (κ3) is 3.62. The van der Waals surface area contributed by atoms with Crippen LogP contribution in [0.1, 0.15) is 16.2 Å². The van der Waals surface area contributed by atoms with Crippen molar-refractivity contribution in [2.75, 3.05) is 21.3 Å². The van der Waals surface area contributed by atoms with Crippen LogP contribution < -0.4 is 14.2 Å². The number of rotatable bonds is 7. The van der Waals surface area contributed by atoms with Crippen LogP contribution in [0.4, 0.5) is 0 Å². The lowest BCUT2D eigenvalue weighted by Crippen LogP contribution is -2.05. The number of carbonyl (C=O) groups excluding carboxylic acids is 1. The Hall–Kier alpha value is -4.08. The van der Waals surface area contributed by atoms with Crippen molar-refractivity contribution in [2.24, 2.45) is 0 Å². The molecule has 0 atom stereocenters. The molecule has 0 radical (unpaired) electrons. The fraction of sp³-hybridized carbons (Fsp3) is 0.200. The van der Waals surface area contributed by atoms with Crippen LogP contribution in [0.25, 0.3) is 22.4 Å². The van der Waals surface area contributed by atoms with E-state index in [1.165, 1.54) is 21.3 Å². The van der Waals surface area contributed by atoms with Gasteiger partial charge in [-0.15, -0.1) is 10.2 Å². The Labute approximate surface area is 170 Å². The summed E-state index contributed by atoms with van der Waals surface area (Å²) in [5.41, 5.74) is 1.70. The maximum Gasteiger partial charge on any atom is 0.338 e. The normalized spacial score (nSPS) is 10.8. The summed E-state index contributed by atoms with van der Waals surface area (Å²) < 4.78 is 26.9. The Kier molecular flexibility index (Phi) is 5.21. The van der Waals surface area contributed by atoms with Crippen LogP contribution in [-0.2, 0) is 11.3 Å². The molecule has 0 spiro atoms. The summed E-state index contributed by atoms with van der Waals surface area (Å²) in [5, 5.41) is 15.6. The minimum absolute atomic E-state index is 0.148. The number of hydrogen-bond donors (Lipinski definition) is 1. The second-order valence-electron chi connectivity index (χ2n) is 6.16. The van der Waals surface area contributed by atoms with Gasteiger partial charge in [-0.2, -0.15) is 5.10 Å². The van der Waals surface area contributed by atoms with Gasteiger partial charge < -0.3 is 23.4 Å². The molecule has 30 heavy (non-hydrogen) atoms. The molecule has 0 saturated heterocycles. The first-order chi connectivity index (χ1) is 14.6. The highest BCUT2D eigenvalue weighted by molar-refractivity contribution is 5.94. The Balaban J connectivity index is 1.49. The average Bonchev–Trinajstić information content (AvgIpc) is 3.45. The molecule has 4 aromatic rings. The van der Waals surface area contributed by atoms with Gasteiger partial charge in [0, 0.05) is 10.9 Å². The van der Waals surface area contributed by atoms with E-state index < -0.39 is 5.97 Å². The Morgan fingerprint density at radius 3 is 2.50 bits per heavy atom. The van der Waals surface area contributed by atoms with Crippen molar-refractivity contribution in [1.82, 2.24) is 20.4 Å². The summed E-state index contributed by atoms with van der Waals surface area (Å²) in [6.07, 6.45) is 1.67. The van der Waals surface area contributed by atoms with Gasteiger partial charge in [-0.3, -0.25) is 5.10 Å². The zero-order valence-corrected chi connectivity index (χ0v) is 16.5. The fourth-order valence-electron chi connectivity index (χ4n) is 2.91. The van der Waals surface area contributed by atoms with Gasteiger partial charge in [0.15, 0.2) is 18.1 Å². The molecule has 154 valence electrons. The highest BCUT2D eigenvalue weighted by Crippen LogP contribution is 2.40. The van der Waals surface area contributed by atoms with E-state index in [4.69, 9.17) is 23.4 Å². The molecule has 0 aliphatic rings. The van der Waals surface area contributed by atoms with Gasteiger partial charge in [0.1, 0.15) is 0 Å². The van der Waals surface area contributed by atoms with E-state index in [1.54, 1.807) is 36.5 Å². The maximum atomic E-state index is 12.3. The molecule has 10 nitrogen and oxygen atoms in total. The predicted molar refractivity (Wildman–Crippen MR) is 105 cm³/mol. The predicted octanol–water partition coefficient (Wildman–Crippen LogP) is 3.00. The first kappa shape index (κ1) is 19.2. The Morgan fingerprint density at radius 2 is 1.80 bits per heavy atom. The SMILES string of the molecule is COc1cc(-c2nnc(COC(=O)c3ccc4cn[nH]c4c3)o2)cc(OC)c1OC. The molecule has 2 aromatic carbocycles. The summed E-state index contributed by atoms with van der Waals surface area (Å²) in [4.78, 5) is 12.3. The molecule has 2 aromatic heterocycles. The number of fused-ring (bicyclic) bond motifs is 1. The van der Waals surface area contributed by atoms with Crippen LogP contribution in [0.2, 0.25) is 0 Å². The number of aromatic amines is 1. The van der Waals surface area contributed by atoms with E-state index >= 15 is 0 Å². The Morgan fingerprint density at radius 1 is 1.03 bits per heavy atom. The number of methoxy groups -OCH3 is 3. The lowest BCUT2D eigenvalue weighted by atomic mass is 10.2. The average molecular weight is 410 g/mol. The topological polar surface area (TPSA) is 122 Å². The highest BCUT2D eigenvalue weighted by Gasteiger charge is 2.18. The number of nitrogens with one attached hydrogen (secondary N) is 1. The number of benzene rings is 2. The lowest BCUT2D eigenvalue weighted by molar-refractivity contribution is 0.0439. The molecule has 0 bridgehead atoms. The number of aromatic nitrogens is 4. The highest BCUT2D eigenvalue weighted by atomic mass is 16.5. The van der Waals surface area contributed by atoms with Crippen molar-refractivity contribution in [3.05, 3.63) is 48.0 Å². The zero-order valence-electron chi connectivity index (χ0n) is 16.5. The summed E-state index contributed by atoms with van der Waals surface area (Å²) >= 11 is 0. The summed E-state index contributed by atoms with van der Waals surface area (Å²) in [6.45, 7) is -0.169. The number of ether oxygens (including phenoxy) is 4. The van der Waals surface area contributed by atoms with Crippen LogP contribution in [0.5, 0.6) is 17.2 Å². The lowest BCUT2D eigenvalue weighted by Gasteiger charge is -2.12. The number of hydrogen-bond acceptors (Lipinski definition) is 9. The molecule has 0 unspecified atom stereocenters. The molecule has 0 aliphatic heterocycles. The standard InChI is InChI=1S/C20H18N4O6/c1-26-15-7-13(8-16(27-2)18(15)28-3)19-24-23-17(30-19)10-29-20(25)11-4-5-12-9-21-22-14(12)6-11/h4-9H,10H2,1-3H3,(H,21,22). The Bertz CT molecular complexity index is 1170. The first-order valence-corrected chi connectivity index (χ1v) is 8.86. The molecular formula is C20H18N4O6. The minimum atomic E-state index is -0.515. The molecule has 2 heterocycles. The van der Waals surface area contributed by atoms with Crippen molar-refractivity contribution >= 4 is 16.9 Å². The van der Waals surface area contributed by atoms with Gasteiger partial charge in [-0.25, -0.2) is 4.79 Å². The first-order valence-electron chi connectivity index (χ1n) is 8.86. The smallest absolute Gasteiger partial charge is 0.338 e. The van der Waals surface area contributed by atoms with E-state index in [0.29, 0.717) is 28.4 Å². The second kappa shape index (κ2) is 8.11. The molecular weight excluding hydrogens is 392 g/mol. The minimum Gasteiger partial charge on any atom is -0.493 e. The number of carbonyl (C=O) groups is 1. The zero-order chi connectivity index (χ0) is 21.1. The molecule has 1 N–H and O–H groups in total. The van der Waals surface area contributed by atoms with Crippen molar-refractivity contribution in [3.63, 3.8) is 0 Å². The molecule has 0 amide bonds. The van der Waals surface area contributed by atoms with E-state index in [-0.39, 0.29) is 18.4 Å². The van der Waals surface area contributed by atoms with Gasteiger partial charge in [0.25, 0.3) is 5.89 Å². The third-order valence-corrected chi connectivity index (χ3v) is 4.38. The quantitative estimate of drug-likeness (QED) is 0.458. The number of esters is 1. The maximum absolute atomic E-state index is 12.3. The third-order valence-electron chi connectivity index (χ3n) is 4.38. The molecule has 0 fully saturated rings. The van der Waals surface area contributed by atoms with Gasteiger partial charge in [-0.05, 0) is 24.3 Å². The van der Waals surface area contributed by atoms with Gasteiger partial charge in [0.2, 0.25) is 11.6 Å². The summed E-state index contributed by atoms with van der Waals surface area (Å²) in [6, 6.07) is 8.48. The largest absolute Gasteiger partial charge is 0.493 e. The summed E-state index contributed by atoms with van der Waals surface area (Å²) in [7, 11) is 4.55. The van der Waals surface area contributed by atoms with Crippen LogP contribution in [0.3, 0.4) is 0 Å². The van der Waals surface area contributed by atoms with E-state index in [0.717, 1.165) is 10.9 Å². The summed E-state index contributed by atoms with van der Waals surface area (Å²) in [5.74, 6) is 1.21. The van der Waals surface area contributed by atoms with Crippen LogP contribution in [-0.4, -0.2) is 47.7 Å².